The van der Waals surface area contributed by atoms with Gasteiger partial charge in [0, 0.05) is 26.3 Å². The Hall–Kier alpha value is -8.19. The molecule has 0 bridgehead atoms. The fourth-order valence-corrected chi connectivity index (χ4v) is 8.41. The summed E-state index contributed by atoms with van der Waals surface area (Å²) in [6.45, 7) is 12.2. The minimum absolute atomic E-state index is 0.0211. The van der Waals surface area contributed by atoms with Crippen molar-refractivity contribution in [3.05, 3.63) is 29.8 Å². The minimum atomic E-state index is -1.59. The smallest absolute Gasteiger partial charge is 0.245 e. The lowest BCUT2D eigenvalue weighted by Crippen LogP contribution is -2.61. The molecular weight excluding hydrogens is 1120 g/mol. The molecule has 0 saturated heterocycles. The van der Waals surface area contributed by atoms with Gasteiger partial charge in [0.15, 0.2) is 5.96 Å². The van der Waals surface area contributed by atoms with E-state index in [1.165, 1.54) is 45.0 Å². The van der Waals surface area contributed by atoms with E-state index in [0.717, 1.165) is 6.92 Å². The molecule has 1 aromatic rings. The number of aliphatic imine (C=N–C) groups is 1. The first-order chi connectivity index (χ1) is 40.4. The Labute approximate surface area is 501 Å². The zero-order valence-corrected chi connectivity index (χ0v) is 50.6. The Morgan fingerprint density at radius 1 is 0.488 bits per heavy atom. The lowest BCUT2D eigenvalue weighted by molar-refractivity contribution is -0.137. The number of aliphatic hydroxyl groups excluding tert-OH is 1. The summed E-state index contributed by atoms with van der Waals surface area (Å²) in [5.41, 5.74) is 33.7. The van der Waals surface area contributed by atoms with Crippen LogP contribution < -0.4 is 87.6 Å². The van der Waals surface area contributed by atoms with Crippen LogP contribution in [0.4, 0.5) is 0 Å². The fourth-order valence-electron chi connectivity index (χ4n) is 8.41. The molecule has 0 fully saturated rings. The second-order valence-corrected chi connectivity index (χ2v) is 21.6. The topological polar surface area (TPSA) is 534 Å². The molecule has 1 aromatic carbocycles. The molecule has 0 aliphatic carbocycles. The lowest BCUT2D eigenvalue weighted by atomic mass is 9.96. The molecule has 0 unspecified atom stereocenters. The number of amides is 12. The van der Waals surface area contributed by atoms with Gasteiger partial charge in [-0.3, -0.25) is 62.5 Å². The first-order valence-corrected chi connectivity index (χ1v) is 28.9. The third-order valence-corrected chi connectivity index (χ3v) is 13.8. The molecule has 12 atom stereocenters. The van der Waals surface area contributed by atoms with E-state index in [-0.39, 0.29) is 56.9 Å². The number of aromatic hydroxyl groups is 1. The van der Waals surface area contributed by atoms with Crippen LogP contribution >= 0.6 is 0 Å². The molecule has 24 N–H and O–H groups in total. The summed E-state index contributed by atoms with van der Waals surface area (Å²) in [7, 11) is 0. The number of hydrogen-bond acceptors (Lipinski definition) is 17. The summed E-state index contributed by atoms with van der Waals surface area (Å²) < 4.78 is 0. The van der Waals surface area contributed by atoms with Crippen LogP contribution in [0.15, 0.2) is 29.3 Å². The van der Waals surface area contributed by atoms with Crippen molar-refractivity contribution in [2.45, 2.75) is 199 Å². The summed E-state index contributed by atoms with van der Waals surface area (Å²) in [5.74, 6) is -11.7. The molecular formula is C55H95N17O14. The van der Waals surface area contributed by atoms with E-state index < -0.39 is 162 Å². The highest BCUT2D eigenvalue weighted by Gasteiger charge is 2.37. The molecule has 0 aliphatic heterocycles. The molecule has 0 heterocycles. The standard InChI is InChI=1S/C55H95N17O14/c1-9-29(4)43(72-54(86)44(32(7)73)65-33(8)74)53(85)69-39(22-23-41(58)76)50(82)70-40(27-34-18-20-35(75)21-19-34)51(83)67-38(17-14-26-62-55(60)61)49(81)66-36(15-10-12-24-56)48(80)64-31(6)46(78)71-42(28(2)3)52(84)68-37(16-11-13-25-57)47(79)63-30(5)45(59)77/h18-21,28-32,36-40,42-44,73,75H,9-17,22-27,56-57H2,1-8H3,(H2,58,76)(H2,59,77)(H,63,79)(H,64,80)(H,65,74)(H,66,81)(H,67,83)(H,68,84)(H,69,85)(H,70,82)(H,71,78)(H,72,86)(H4,60,61,62)/t29-,30-,31-,32-,36-,37-,38-,39-,40-,42-,43-,44-/m0/s1. The van der Waals surface area contributed by atoms with Crippen LogP contribution in [0.2, 0.25) is 0 Å². The SMILES string of the molecule is CC[C@H](C)[C@H](NC(=O)[C@@H](NC(C)=O)[C@H](C)O)C(=O)N[C@@H](CCC(N)=O)C(=O)N[C@@H](Cc1ccc(O)cc1)C(=O)N[C@@H](CCCN=C(N)N)C(=O)N[C@@H](CCCCN)C(=O)N[C@@H](C)C(=O)N[C@H](C(=O)N[C@@H](CCCCN)C(=O)N[C@@H](C)C(N)=O)C(C)C. The van der Waals surface area contributed by atoms with Crippen LogP contribution in [0.5, 0.6) is 5.75 Å². The quantitative estimate of drug-likeness (QED) is 0.0166. The number of benzene rings is 1. The van der Waals surface area contributed by atoms with E-state index in [4.69, 9.17) is 34.4 Å². The van der Waals surface area contributed by atoms with Gasteiger partial charge in [-0.15, -0.1) is 0 Å². The number of rotatable bonds is 41. The van der Waals surface area contributed by atoms with Crippen LogP contribution in [0.25, 0.3) is 0 Å². The molecule has 0 saturated carbocycles. The average Bonchev–Trinajstić information content (AvgIpc) is 3.30. The number of hydrogen-bond donors (Lipinski definition) is 18. The van der Waals surface area contributed by atoms with Crippen LogP contribution in [0, 0.1) is 11.8 Å². The van der Waals surface area contributed by atoms with E-state index in [1.807, 2.05) is 0 Å². The summed E-state index contributed by atoms with van der Waals surface area (Å²) in [4.78, 5) is 165. The van der Waals surface area contributed by atoms with E-state index in [9.17, 15) is 67.7 Å². The zero-order chi connectivity index (χ0) is 65.4. The van der Waals surface area contributed by atoms with Crippen molar-refractivity contribution in [2.24, 2.45) is 51.2 Å². The zero-order valence-electron chi connectivity index (χ0n) is 50.6. The number of guanidine groups is 1. The minimum Gasteiger partial charge on any atom is -0.508 e. The van der Waals surface area contributed by atoms with E-state index in [2.05, 4.69) is 58.2 Å². The first kappa shape index (κ1) is 75.8. The van der Waals surface area contributed by atoms with Gasteiger partial charge in [-0.25, -0.2) is 0 Å². The van der Waals surface area contributed by atoms with Crippen molar-refractivity contribution < 1.29 is 67.7 Å². The van der Waals surface area contributed by atoms with Crippen molar-refractivity contribution in [1.82, 2.24) is 53.2 Å². The van der Waals surface area contributed by atoms with Crippen molar-refractivity contribution in [3.8, 4) is 5.75 Å². The number of phenolic OH excluding ortho intramolecular Hbond substituents is 1. The maximum Gasteiger partial charge on any atom is 0.245 e. The second-order valence-electron chi connectivity index (χ2n) is 21.6. The number of carbonyl (C=O) groups excluding carboxylic acids is 12. The lowest BCUT2D eigenvalue weighted by Gasteiger charge is -2.30. The van der Waals surface area contributed by atoms with Gasteiger partial charge in [0.1, 0.15) is 66.2 Å². The molecule has 0 aliphatic rings. The molecule has 0 aromatic heterocycles. The van der Waals surface area contributed by atoms with E-state index in [1.54, 1.807) is 27.7 Å². The Morgan fingerprint density at radius 2 is 0.907 bits per heavy atom. The predicted octanol–water partition coefficient (Wildman–Crippen LogP) is -5.01. The number of phenols is 1. The Bertz CT molecular complexity index is 2460. The van der Waals surface area contributed by atoms with Gasteiger partial charge >= 0.3 is 0 Å². The molecule has 12 amide bonds. The largest absolute Gasteiger partial charge is 0.508 e. The van der Waals surface area contributed by atoms with Crippen LogP contribution in [-0.4, -0.2) is 173 Å². The molecule has 31 heteroatoms. The monoisotopic (exact) mass is 1220 g/mol. The number of nitrogens with zero attached hydrogens (tertiary/aromatic N) is 1. The number of primary amides is 2. The van der Waals surface area contributed by atoms with Crippen molar-refractivity contribution in [1.29, 1.82) is 0 Å². The predicted molar refractivity (Wildman–Crippen MR) is 317 cm³/mol. The van der Waals surface area contributed by atoms with Crippen LogP contribution in [0.3, 0.4) is 0 Å². The van der Waals surface area contributed by atoms with Gasteiger partial charge < -0.3 is 97.8 Å². The van der Waals surface area contributed by atoms with E-state index in [0.29, 0.717) is 44.2 Å². The van der Waals surface area contributed by atoms with Gasteiger partial charge in [0.2, 0.25) is 70.9 Å². The average molecular weight is 1220 g/mol. The Balaban J connectivity index is 3.69. The molecule has 0 spiro atoms. The summed E-state index contributed by atoms with van der Waals surface area (Å²) in [6.07, 6.45) is -0.545. The Kier molecular flexibility index (Phi) is 34.8. The summed E-state index contributed by atoms with van der Waals surface area (Å²) >= 11 is 0. The summed E-state index contributed by atoms with van der Waals surface area (Å²) in [6, 6.07) is -8.06. The van der Waals surface area contributed by atoms with Gasteiger partial charge in [-0.2, -0.15) is 0 Å². The fraction of sp³-hybridized carbons (Fsp3) is 0.655. The van der Waals surface area contributed by atoms with Gasteiger partial charge in [0.25, 0.3) is 0 Å². The number of aliphatic hydroxyl groups is 1. The maximum atomic E-state index is 14.6. The van der Waals surface area contributed by atoms with Gasteiger partial charge in [-0.05, 0) is 121 Å². The maximum absolute atomic E-state index is 14.6. The second kappa shape index (κ2) is 39.4. The first-order valence-electron chi connectivity index (χ1n) is 28.9. The van der Waals surface area contributed by atoms with E-state index >= 15 is 0 Å². The number of nitrogens with two attached hydrogens (primary N) is 6. The van der Waals surface area contributed by atoms with Crippen molar-refractivity contribution >= 4 is 76.8 Å². The number of unbranched alkanes of at least 4 members (excludes halogenated alkanes) is 2. The number of nitrogens with one attached hydrogen (secondary N) is 10. The highest BCUT2D eigenvalue weighted by molar-refractivity contribution is 5.99. The molecule has 1 rings (SSSR count). The highest BCUT2D eigenvalue weighted by atomic mass is 16.3. The molecule has 0 radical (unpaired) electrons. The molecule has 31 nitrogen and oxygen atoms in total. The molecule has 484 valence electrons. The third kappa shape index (κ3) is 28.6. The Morgan fingerprint density at radius 3 is 1.35 bits per heavy atom. The van der Waals surface area contributed by atoms with Crippen molar-refractivity contribution in [2.75, 3.05) is 19.6 Å². The summed E-state index contributed by atoms with van der Waals surface area (Å²) in [5, 5.41) is 45.9. The van der Waals surface area contributed by atoms with Crippen LogP contribution in [0.1, 0.15) is 132 Å². The molecule has 86 heavy (non-hydrogen) atoms. The highest BCUT2D eigenvalue weighted by Crippen LogP contribution is 2.15. The third-order valence-electron chi connectivity index (χ3n) is 13.8. The number of carbonyl (C=O) groups is 12. The normalized spacial score (nSPS) is 15.3. The van der Waals surface area contributed by atoms with Gasteiger partial charge in [0.05, 0.1) is 6.10 Å². The van der Waals surface area contributed by atoms with Crippen LogP contribution in [-0.2, 0) is 64.0 Å². The van der Waals surface area contributed by atoms with Gasteiger partial charge in [-0.1, -0.05) is 46.2 Å². The van der Waals surface area contributed by atoms with Crippen molar-refractivity contribution in [3.63, 3.8) is 0 Å².